The average Bonchev–Trinajstić information content (AvgIpc) is 2.31. The Balaban J connectivity index is 3.08. The second-order valence-electron chi connectivity index (χ2n) is 4.21. The minimum atomic E-state index is -2.40. The second-order valence-corrected chi connectivity index (χ2v) is 4.21. The van der Waals surface area contributed by atoms with E-state index in [1.807, 2.05) is 0 Å². The second kappa shape index (κ2) is 5.42. The highest BCUT2D eigenvalue weighted by molar-refractivity contribution is 6.24. The molecule has 0 aromatic carbocycles. The molecule has 19 heavy (non-hydrogen) atoms. The Labute approximate surface area is 108 Å². The first-order valence-corrected chi connectivity index (χ1v) is 5.56. The van der Waals surface area contributed by atoms with Gasteiger partial charge < -0.3 is 4.74 Å². The summed E-state index contributed by atoms with van der Waals surface area (Å²) in [5.41, 5.74) is -3.66. The summed E-state index contributed by atoms with van der Waals surface area (Å²) in [6, 6.07) is 0. The fraction of sp³-hybridized carbons (Fsp3) is 0.385. The van der Waals surface area contributed by atoms with Crippen LogP contribution in [0, 0.1) is 0 Å². The van der Waals surface area contributed by atoms with Crippen molar-refractivity contribution in [3.8, 4) is 0 Å². The van der Waals surface area contributed by atoms with Gasteiger partial charge in [-0.1, -0.05) is 6.58 Å². The molecule has 0 aromatic rings. The molecule has 6 heteroatoms. The molecule has 0 amide bonds. The van der Waals surface area contributed by atoms with Crippen LogP contribution in [-0.4, -0.2) is 24.0 Å². The van der Waals surface area contributed by atoms with Gasteiger partial charge >= 0.3 is 5.97 Å². The van der Waals surface area contributed by atoms with Crippen molar-refractivity contribution in [1.82, 2.24) is 0 Å². The molecular weight excluding hydrogens is 261 g/mol. The van der Waals surface area contributed by atoms with E-state index in [-0.39, 0.29) is 6.61 Å². The van der Waals surface area contributed by atoms with E-state index >= 15 is 0 Å². The first-order chi connectivity index (χ1) is 8.70. The van der Waals surface area contributed by atoms with E-state index in [1.54, 1.807) is 0 Å². The number of ether oxygens (including phenoxy) is 1. The number of carbonyl (C=O) groups excluding carboxylic acids is 2. The molecule has 0 heterocycles. The van der Waals surface area contributed by atoms with Crippen LogP contribution in [0.15, 0.2) is 35.5 Å². The van der Waals surface area contributed by atoms with Gasteiger partial charge in [-0.2, -0.15) is 0 Å². The Morgan fingerprint density at radius 1 is 1.47 bits per heavy atom. The van der Waals surface area contributed by atoms with Gasteiger partial charge in [-0.3, -0.25) is 4.79 Å². The number of esters is 1. The number of hydrogen-bond acceptors (Lipinski definition) is 3. The Morgan fingerprint density at radius 3 is 2.58 bits per heavy atom. The maximum absolute atomic E-state index is 14.1. The van der Waals surface area contributed by atoms with Crippen LogP contribution in [0.5, 0.6) is 0 Å². The Hall–Kier alpha value is -1.85. The zero-order valence-corrected chi connectivity index (χ0v) is 10.6. The fourth-order valence-corrected chi connectivity index (χ4v) is 1.60. The normalized spacial score (nSPS) is 22.9. The monoisotopic (exact) mass is 274 g/mol. The van der Waals surface area contributed by atoms with Crippen molar-refractivity contribution >= 4 is 11.8 Å². The molecule has 1 rings (SSSR count). The molecule has 1 atom stereocenters. The molecule has 104 valence electrons. The largest absolute Gasteiger partial charge is 0.462 e. The van der Waals surface area contributed by atoms with Gasteiger partial charge in [0.15, 0.2) is 11.6 Å². The third-order valence-corrected chi connectivity index (χ3v) is 2.62. The van der Waals surface area contributed by atoms with E-state index in [1.165, 1.54) is 6.92 Å². The quantitative estimate of drug-likeness (QED) is 0.342. The molecule has 1 unspecified atom stereocenters. The van der Waals surface area contributed by atoms with Crippen molar-refractivity contribution < 1.29 is 27.5 Å². The summed E-state index contributed by atoms with van der Waals surface area (Å²) in [4.78, 5) is 23.2. The van der Waals surface area contributed by atoms with E-state index in [9.17, 15) is 22.8 Å². The van der Waals surface area contributed by atoms with Crippen LogP contribution in [0.2, 0.25) is 0 Å². The highest BCUT2D eigenvalue weighted by Gasteiger charge is 2.40. The van der Waals surface area contributed by atoms with Gasteiger partial charge in [0.05, 0.1) is 6.61 Å². The molecule has 3 nitrogen and oxygen atoms in total. The lowest BCUT2D eigenvalue weighted by Gasteiger charge is -2.25. The summed E-state index contributed by atoms with van der Waals surface area (Å²) in [6.07, 6.45) is -0.446. The molecule has 0 aliphatic heterocycles. The molecule has 0 saturated carbocycles. The van der Waals surface area contributed by atoms with Gasteiger partial charge in [0, 0.05) is 12.0 Å². The van der Waals surface area contributed by atoms with Crippen molar-refractivity contribution in [1.29, 1.82) is 0 Å². The number of rotatable bonds is 4. The lowest BCUT2D eigenvalue weighted by atomic mass is 9.84. The number of hydrogen-bond donors (Lipinski definition) is 0. The molecule has 0 spiro atoms. The van der Waals surface area contributed by atoms with Crippen LogP contribution in [0.1, 0.15) is 20.3 Å². The number of carbonyl (C=O) groups is 2. The first-order valence-electron chi connectivity index (χ1n) is 5.56. The molecule has 0 N–H and O–H groups in total. The van der Waals surface area contributed by atoms with E-state index < -0.39 is 46.6 Å². The number of Topliss-reactive ketones (excluding diaryl/α,β-unsaturated/α-hetero) is 1. The third-order valence-electron chi connectivity index (χ3n) is 2.62. The predicted octanol–water partition coefficient (Wildman–Crippen LogP) is 2.88. The van der Waals surface area contributed by atoms with Crippen LogP contribution in [0.4, 0.5) is 13.2 Å². The number of halogens is 3. The van der Waals surface area contributed by atoms with E-state index in [0.717, 1.165) is 6.92 Å². The topological polar surface area (TPSA) is 43.4 Å². The lowest BCUT2D eigenvalue weighted by molar-refractivity contribution is -0.139. The fourth-order valence-electron chi connectivity index (χ4n) is 1.60. The zero-order chi connectivity index (χ0) is 14.8. The summed E-state index contributed by atoms with van der Waals surface area (Å²) in [7, 11) is 0. The standard InChI is InChI=1S/C13H13F3O3/c1-4-19-12(18)7(2)11(17)8-5-9(14)10(15)6-13(8,3)16/h5H,2,4,6H2,1,3H3. The van der Waals surface area contributed by atoms with Crippen LogP contribution < -0.4 is 0 Å². The van der Waals surface area contributed by atoms with E-state index in [4.69, 9.17) is 0 Å². The van der Waals surface area contributed by atoms with Gasteiger partial charge in [-0.15, -0.1) is 0 Å². The maximum atomic E-state index is 14.1. The van der Waals surface area contributed by atoms with Crippen LogP contribution >= 0.6 is 0 Å². The predicted molar refractivity (Wildman–Crippen MR) is 62.2 cm³/mol. The molecule has 0 fully saturated rings. The molecule has 0 aromatic heterocycles. The van der Waals surface area contributed by atoms with Crippen LogP contribution in [-0.2, 0) is 14.3 Å². The SMILES string of the molecule is C=C(C(=O)OCC)C(=O)C1=CC(F)=C(F)CC1(C)F. The summed E-state index contributed by atoms with van der Waals surface area (Å²) in [6.45, 7) is 5.66. The van der Waals surface area contributed by atoms with Crippen LogP contribution in [0.25, 0.3) is 0 Å². The molecule has 0 saturated heterocycles. The van der Waals surface area contributed by atoms with Crippen molar-refractivity contribution in [3.63, 3.8) is 0 Å². The highest BCUT2D eigenvalue weighted by Crippen LogP contribution is 2.38. The number of ketones is 1. The smallest absolute Gasteiger partial charge is 0.341 e. The van der Waals surface area contributed by atoms with Gasteiger partial charge in [0.25, 0.3) is 0 Å². The third kappa shape index (κ3) is 3.13. The van der Waals surface area contributed by atoms with Crippen molar-refractivity contribution in [2.75, 3.05) is 6.61 Å². The van der Waals surface area contributed by atoms with E-state index in [2.05, 4.69) is 11.3 Å². The summed E-state index contributed by atoms with van der Waals surface area (Å²) in [5, 5.41) is 0. The molecule has 1 aliphatic carbocycles. The zero-order valence-electron chi connectivity index (χ0n) is 10.6. The van der Waals surface area contributed by atoms with Crippen molar-refractivity contribution in [2.24, 2.45) is 0 Å². The summed E-state index contributed by atoms with van der Waals surface area (Å²) >= 11 is 0. The molecule has 0 radical (unpaired) electrons. The van der Waals surface area contributed by atoms with Crippen molar-refractivity contribution in [2.45, 2.75) is 25.9 Å². The number of alkyl halides is 1. The molecule has 0 bridgehead atoms. The number of allylic oxidation sites excluding steroid dienone is 4. The van der Waals surface area contributed by atoms with Crippen LogP contribution in [0.3, 0.4) is 0 Å². The summed E-state index contributed by atoms with van der Waals surface area (Å²) < 4.78 is 44.7. The minimum Gasteiger partial charge on any atom is -0.462 e. The average molecular weight is 274 g/mol. The molecule has 1 aliphatic rings. The van der Waals surface area contributed by atoms with Gasteiger partial charge in [-0.05, 0) is 19.9 Å². The van der Waals surface area contributed by atoms with E-state index in [0.29, 0.717) is 6.08 Å². The first kappa shape index (κ1) is 15.2. The Bertz CT molecular complexity index is 501. The lowest BCUT2D eigenvalue weighted by Crippen LogP contribution is -2.31. The van der Waals surface area contributed by atoms with Gasteiger partial charge in [0.1, 0.15) is 17.1 Å². The highest BCUT2D eigenvalue weighted by atomic mass is 19.2. The Kier molecular flexibility index (Phi) is 4.34. The van der Waals surface area contributed by atoms with Gasteiger partial charge in [-0.25, -0.2) is 18.0 Å². The van der Waals surface area contributed by atoms with Gasteiger partial charge in [0.2, 0.25) is 0 Å². The van der Waals surface area contributed by atoms with Crippen molar-refractivity contribution in [3.05, 3.63) is 35.5 Å². The summed E-state index contributed by atoms with van der Waals surface area (Å²) in [5.74, 6) is -4.70. The molecular formula is C13H13F3O3. The maximum Gasteiger partial charge on any atom is 0.341 e. The Morgan fingerprint density at radius 2 is 2.05 bits per heavy atom. The minimum absolute atomic E-state index is 0.0139.